The standard InChI is InChI=1S/C10H13N3O2S/c11-12-9(14)10(15)13(7-3-4-7)6-8-2-1-5-16-8/h1-2,5,7H,3-4,6,11H2,(H,12,14). The van der Waals surface area contributed by atoms with Crippen LogP contribution < -0.4 is 11.3 Å². The summed E-state index contributed by atoms with van der Waals surface area (Å²) in [6.45, 7) is 0.495. The Morgan fingerprint density at radius 1 is 1.56 bits per heavy atom. The molecule has 2 amide bonds. The van der Waals surface area contributed by atoms with E-state index in [1.54, 1.807) is 16.2 Å². The van der Waals surface area contributed by atoms with E-state index in [-0.39, 0.29) is 6.04 Å². The van der Waals surface area contributed by atoms with Crippen molar-refractivity contribution < 1.29 is 9.59 Å². The lowest BCUT2D eigenvalue weighted by molar-refractivity contribution is -0.146. The molecule has 0 unspecified atom stereocenters. The van der Waals surface area contributed by atoms with Crippen molar-refractivity contribution in [2.75, 3.05) is 0 Å². The minimum absolute atomic E-state index is 0.201. The Bertz CT molecular complexity index is 387. The van der Waals surface area contributed by atoms with Crippen LogP contribution in [0.15, 0.2) is 17.5 Å². The molecule has 0 aliphatic heterocycles. The summed E-state index contributed by atoms with van der Waals surface area (Å²) in [5, 5.41) is 1.95. The van der Waals surface area contributed by atoms with Crippen LogP contribution in [0.25, 0.3) is 0 Å². The van der Waals surface area contributed by atoms with Crippen molar-refractivity contribution >= 4 is 23.2 Å². The van der Waals surface area contributed by atoms with Gasteiger partial charge in [0, 0.05) is 10.9 Å². The molecule has 0 spiro atoms. The molecule has 2 rings (SSSR count). The lowest BCUT2D eigenvalue weighted by Crippen LogP contribution is -2.46. The van der Waals surface area contributed by atoms with Crippen LogP contribution in [0.2, 0.25) is 0 Å². The summed E-state index contributed by atoms with van der Waals surface area (Å²) in [4.78, 5) is 25.6. The molecule has 3 N–H and O–H groups in total. The number of hydrogen-bond donors (Lipinski definition) is 2. The fourth-order valence-electron chi connectivity index (χ4n) is 1.52. The Hall–Kier alpha value is -1.40. The van der Waals surface area contributed by atoms with Gasteiger partial charge >= 0.3 is 11.8 Å². The molecule has 0 radical (unpaired) electrons. The van der Waals surface area contributed by atoms with Gasteiger partial charge < -0.3 is 4.90 Å². The van der Waals surface area contributed by atoms with E-state index in [2.05, 4.69) is 0 Å². The molecular formula is C10H13N3O2S. The number of nitrogens with two attached hydrogens (primary N) is 1. The van der Waals surface area contributed by atoms with Crippen molar-refractivity contribution in [3.05, 3.63) is 22.4 Å². The van der Waals surface area contributed by atoms with E-state index >= 15 is 0 Å². The summed E-state index contributed by atoms with van der Waals surface area (Å²) in [6, 6.07) is 4.08. The van der Waals surface area contributed by atoms with Crippen molar-refractivity contribution in [1.29, 1.82) is 0 Å². The summed E-state index contributed by atoms with van der Waals surface area (Å²) in [7, 11) is 0. The van der Waals surface area contributed by atoms with Crippen molar-refractivity contribution in [2.24, 2.45) is 5.84 Å². The number of carbonyl (C=O) groups is 2. The molecule has 0 bridgehead atoms. The molecule has 1 aliphatic carbocycles. The van der Waals surface area contributed by atoms with E-state index in [0.717, 1.165) is 17.7 Å². The zero-order valence-corrected chi connectivity index (χ0v) is 9.50. The number of hydrazine groups is 1. The topological polar surface area (TPSA) is 75.4 Å². The highest BCUT2D eigenvalue weighted by Gasteiger charge is 2.35. The van der Waals surface area contributed by atoms with Crippen molar-refractivity contribution in [3.8, 4) is 0 Å². The molecule has 0 saturated heterocycles. The largest absolute Gasteiger partial charge is 0.326 e. The third-order valence-electron chi connectivity index (χ3n) is 2.48. The zero-order valence-electron chi connectivity index (χ0n) is 8.68. The SMILES string of the molecule is NNC(=O)C(=O)N(Cc1cccs1)C1CC1. The Morgan fingerprint density at radius 3 is 2.81 bits per heavy atom. The number of nitrogens with zero attached hydrogens (tertiary/aromatic N) is 1. The Kier molecular flexibility index (Phi) is 3.21. The second kappa shape index (κ2) is 4.63. The monoisotopic (exact) mass is 239 g/mol. The van der Waals surface area contributed by atoms with Gasteiger partial charge in [-0.1, -0.05) is 6.07 Å². The predicted octanol–water partition coefficient (Wildman–Crippen LogP) is 0.229. The maximum atomic E-state index is 11.7. The highest BCUT2D eigenvalue weighted by Crippen LogP contribution is 2.29. The van der Waals surface area contributed by atoms with Crippen LogP contribution in [0.1, 0.15) is 17.7 Å². The smallest absolute Gasteiger partial charge is 0.323 e. The molecule has 1 fully saturated rings. The molecular weight excluding hydrogens is 226 g/mol. The maximum absolute atomic E-state index is 11.7. The Morgan fingerprint density at radius 2 is 2.31 bits per heavy atom. The molecule has 16 heavy (non-hydrogen) atoms. The van der Waals surface area contributed by atoms with Crippen LogP contribution in [0.4, 0.5) is 0 Å². The van der Waals surface area contributed by atoms with Crippen LogP contribution in [0, 0.1) is 0 Å². The number of rotatable bonds is 3. The molecule has 1 heterocycles. The minimum atomic E-state index is -0.747. The second-order valence-corrected chi connectivity index (χ2v) is 4.75. The van der Waals surface area contributed by atoms with Gasteiger partial charge in [-0.25, -0.2) is 5.84 Å². The van der Waals surface area contributed by atoms with Crippen LogP contribution in [-0.4, -0.2) is 22.8 Å². The van der Waals surface area contributed by atoms with Crippen LogP contribution in [0.3, 0.4) is 0 Å². The Balaban J connectivity index is 2.05. The van der Waals surface area contributed by atoms with Crippen LogP contribution >= 0.6 is 11.3 Å². The summed E-state index contributed by atoms with van der Waals surface area (Å²) < 4.78 is 0. The van der Waals surface area contributed by atoms with E-state index in [4.69, 9.17) is 5.84 Å². The molecule has 1 saturated carbocycles. The molecule has 1 aromatic rings. The fraction of sp³-hybridized carbons (Fsp3) is 0.400. The number of hydrogen-bond acceptors (Lipinski definition) is 4. The normalized spacial score (nSPS) is 14.6. The second-order valence-electron chi connectivity index (χ2n) is 3.72. The van der Waals surface area contributed by atoms with Gasteiger partial charge in [0.2, 0.25) is 0 Å². The molecule has 1 aliphatic rings. The average Bonchev–Trinajstić information content (AvgIpc) is 3.01. The molecule has 1 aromatic heterocycles. The molecule has 86 valence electrons. The molecule has 0 atom stereocenters. The minimum Gasteiger partial charge on any atom is -0.326 e. The Labute approximate surface area is 97.2 Å². The van der Waals surface area contributed by atoms with Crippen molar-refractivity contribution in [1.82, 2.24) is 10.3 Å². The first-order chi connectivity index (χ1) is 7.72. The van der Waals surface area contributed by atoms with Gasteiger partial charge in [-0.2, -0.15) is 0 Å². The molecule has 5 nitrogen and oxygen atoms in total. The van der Waals surface area contributed by atoms with E-state index in [0.29, 0.717) is 6.54 Å². The van der Waals surface area contributed by atoms with Gasteiger partial charge in [0.05, 0.1) is 6.54 Å². The van der Waals surface area contributed by atoms with Crippen LogP contribution in [0.5, 0.6) is 0 Å². The van der Waals surface area contributed by atoms with E-state index in [1.807, 2.05) is 22.9 Å². The summed E-state index contributed by atoms with van der Waals surface area (Å²) in [5.41, 5.74) is 1.88. The summed E-state index contributed by atoms with van der Waals surface area (Å²) in [6.07, 6.45) is 1.93. The maximum Gasteiger partial charge on any atom is 0.323 e. The van der Waals surface area contributed by atoms with Gasteiger partial charge in [-0.3, -0.25) is 15.0 Å². The summed E-state index contributed by atoms with van der Waals surface area (Å²) in [5.74, 6) is 3.67. The summed E-state index contributed by atoms with van der Waals surface area (Å²) >= 11 is 1.58. The van der Waals surface area contributed by atoms with Crippen molar-refractivity contribution in [3.63, 3.8) is 0 Å². The van der Waals surface area contributed by atoms with Gasteiger partial charge in [0.15, 0.2) is 0 Å². The van der Waals surface area contributed by atoms with E-state index < -0.39 is 11.8 Å². The first kappa shape index (κ1) is 11.1. The lowest BCUT2D eigenvalue weighted by atomic mass is 10.3. The lowest BCUT2D eigenvalue weighted by Gasteiger charge is -2.20. The number of carbonyl (C=O) groups excluding carboxylic acids is 2. The highest BCUT2D eigenvalue weighted by atomic mass is 32.1. The van der Waals surface area contributed by atoms with Gasteiger partial charge in [-0.05, 0) is 24.3 Å². The van der Waals surface area contributed by atoms with Gasteiger partial charge in [-0.15, -0.1) is 11.3 Å². The quantitative estimate of drug-likeness (QED) is 0.343. The van der Waals surface area contributed by atoms with E-state index in [9.17, 15) is 9.59 Å². The molecule has 6 heteroatoms. The fourth-order valence-corrected chi connectivity index (χ4v) is 2.22. The molecule has 0 aromatic carbocycles. The highest BCUT2D eigenvalue weighted by molar-refractivity contribution is 7.09. The van der Waals surface area contributed by atoms with Crippen molar-refractivity contribution in [2.45, 2.75) is 25.4 Å². The first-order valence-electron chi connectivity index (χ1n) is 5.06. The zero-order chi connectivity index (χ0) is 11.5. The third kappa shape index (κ3) is 2.40. The average molecular weight is 239 g/mol. The third-order valence-corrected chi connectivity index (χ3v) is 3.34. The van der Waals surface area contributed by atoms with Gasteiger partial charge in [0.25, 0.3) is 0 Å². The van der Waals surface area contributed by atoms with Crippen LogP contribution in [-0.2, 0) is 16.1 Å². The predicted molar refractivity (Wildman–Crippen MR) is 60.2 cm³/mol. The number of amides is 2. The van der Waals surface area contributed by atoms with Gasteiger partial charge in [0.1, 0.15) is 0 Å². The van der Waals surface area contributed by atoms with E-state index in [1.165, 1.54) is 0 Å². The first-order valence-corrected chi connectivity index (χ1v) is 5.94. The number of thiophene rings is 1. The number of nitrogens with one attached hydrogen (secondary N) is 1.